The minimum atomic E-state index is -0.106. The molecule has 10 rings (SSSR count). The Morgan fingerprint density at radius 3 is 2.21 bits per heavy atom. The van der Waals surface area contributed by atoms with Gasteiger partial charge in [0, 0.05) is 67.3 Å². The Morgan fingerprint density at radius 1 is 0.721 bits per heavy atom. The highest BCUT2D eigenvalue weighted by Crippen LogP contribution is 2.31. The summed E-state index contributed by atoms with van der Waals surface area (Å²) in [6.45, 7) is 12.4. The zero-order chi connectivity index (χ0) is 42.7. The molecule has 0 unspecified atom stereocenters. The zero-order valence-corrected chi connectivity index (χ0v) is 36.4. The van der Waals surface area contributed by atoms with Crippen LogP contribution in [-0.4, -0.2) is 106 Å². The minimum Gasteiger partial charge on any atom is -0.370 e. The number of fused-ring (bicyclic) bond motifs is 4. The van der Waals surface area contributed by atoms with Crippen molar-refractivity contribution in [2.75, 3.05) is 52.2 Å². The first-order valence-electron chi connectivity index (χ1n) is 21.2. The van der Waals surface area contributed by atoms with Crippen molar-refractivity contribution in [3.63, 3.8) is 0 Å². The predicted octanol–water partition coefficient (Wildman–Crippen LogP) is 6.31. The second kappa shape index (κ2) is 15.7. The molecular weight excluding hydrogens is 765 g/mol. The van der Waals surface area contributed by atoms with Crippen LogP contribution in [0.2, 0.25) is 0 Å². The molecule has 1 aromatic carbocycles. The van der Waals surface area contributed by atoms with E-state index in [1.54, 1.807) is 30.1 Å². The summed E-state index contributed by atoms with van der Waals surface area (Å²) in [5.41, 5.74) is 11.3. The van der Waals surface area contributed by atoms with E-state index >= 15 is 0 Å². The van der Waals surface area contributed by atoms with Crippen LogP contribution in [-0.2, 0) is 7.05 Å². The van der Waals surface area contributed by atoms with Crippen LogP contribution in [0.1, 0.15) is 61.0 Å². The fourth-order valence-corrected chi connectivity index (χ4v) is 8.94. The van der Waals surface area contributed by atoms with E-state index in [0.717, 1.165) is 102 Å². The number of likely N-dealkylation sites (tertiary alicyclic amines) is 1. The van der Waals surface area contributed by atoms with Gasteiger partial charge in [-0.3, -0.25) is 28.1 Å². The highest BCUT2D eigenvalue weighted by Gasteiger charge is 2.32. The molecule has 0 spiro atoms. The molecule has 2 fully saturated rings. The lowest BCUT2D eigenvalue weighted by molar-refractivity contribution is 0.137. The number of aryl methyl sites for hydroxylation is 4. The van der Waals surface area contributed by atoms with Gasteiger partial charge in [-0.05, 0) is 135 Å². The van der Waals surface area contributed by atoms with Crippen LogP contribution < -0.4 is 16.0 Å². The van der Waals surface area contributed by atoms with E-state index in [1.165, 1.54) is 5.56 Å². The number of piperidine rings is 2. The third-order valence-electron chi connectivity index (χ3n) is 13.0. The van der Waals surface area contributed by atoms with Gasteiger partial charge in [0.2, 0.25) is 0 Å². The SMILES string of the molecule is Cc1cc(C2CCN(C)CC2)cn2c(=O)cc(-c3ccc4nn(C)cc4c3)nc12.Cc1cn2nc(-c3cc(=O)n4cc(N5CCC(C)(N(C)C)CC5)ccc4n3)cc2c(C)n1. The number of aromatic nitrogens is 9. The average molecular weight is 819 g/mol. The van der Waals surface area contributed by atoms with Gasteiger partial charge in [0.15, 0.2) is 0 Å². The molecule has 61 heavy (non-hydrogen) atoms. The van der Waals surface area contributed by atoms with Crippen molar-refractivity contribution in [3.05, 3.63) is 123 Å². The fraction of sp³-hybridized carbons (Fsp3) is 0.383. The van der Waals surface area contributed by atoms with Gasteiger partial charge in [-0.2, -0.15) is 10.2 Å². The van der Waals surface area contributed by atoms with E-state index in [4.69, 9.17) is 9.97 Å². The van der Waals surface area contributed by atoms with Gasteiger partial charge in [-0.25, -0.2) is 14.5 Å². The lowest BCUT2D eigenvalue weighted by Crippen LogP contribution is -2.50. The summed E-state index contributed by atoms with van der Waals surface area (Å²) < 4.78 is 6.95. The maximum Gasteiger partial charge on any atom is 0.258 e. The van der Waals surface area contributed by atoms with Crippen LogP contribution >= 0.6 is 0 Å². The largest absolute Gasteiger partial charge is 0.370 e. The third-order valence-corrected chi connectivity index (χ3v) is 13.0. The molecule has 8 aromatic rings. The van der Waals surface area contributed by atoms with Gasteiger partial charge in [-0.15, -0.1) is 0 Å². The van der Waals surface area contributed by atoms with E-state index in [9.17, 15) is 9.59 Å². The molecule has 2 saturated heterocycles. The van der Waals surface area contributed by atoms with Crippen LogP contribution in [0.5, 0.6) is 0 Å². The molecule has 0 amide bonds. The van der Waals surface area contributed by atoms with Gasteiger partial charge < -0.3 is 14.7 Å². The fourth-order valence-electron chi connectivity index (χ4n) is 8.94. The number of rotatable bonds is 5. The number of hydrogen-bond acceptors (Lipinski definition) is 10. The van der Waals surface area contributed by atoms with E-state index < -0.39 is 0 Å². The molecule has 14 heteroatoms. The summed E-state index contributed by atoms with van der Waals surface area (Å²) in [5, 5.41) is 10.1. The quantitative estimate of drug-likeness (QED) is 0.195. The van der Waals surface area contributed by atoms with Crippen molar-refractivity contribution >= 4 is 33.4 Å². The van der Waals surface area contributed by atoms with E-state index in [1.807, 2.05) is 82.9 Å². The summed E-state index contributed by atoms with van der Waals surface area (Å²) in [6, 6.07) is 17.3. The molecule has 14 nitrogen and oxygen atoms in total. The molecule has 314 valence electrons. The van der Waals surface area contributed by atoms with Crippen molar-refractivity contribution in [2.45, 2.75) is 64.8 Å². The van der Waals surface area contributed by atoms with Crippen LogP contribution in [0.3, 0.4) is 0 Å². The molecule has 9 heterocycles. The number of benzene rings is 1. The Bertz CT molecular complexity index is 3070. The Hall–Kier alpha value is -6.25. The Labute approximate surface area is 354 Å². The van der Waals surface area contributed by atoms with Gasteiger partial charge in [0.05, 0.1) is 45.7 Å². The van der Waals surface area contributed by atoms with Crippen LogP contribution in [0.25, 0.3) is 50.4 Å². The topological polar surface area (TPSA) is 126 Å². The first-order valence-corrected chi connectivity index (χ1v) is 21.2. The molecular formula is C47H54N12O2. The molecule has 0 aliphatic carbocycles. The standard InChI is InChI=1S/C24H29N7O.C23H25N5O/c1-16-14-31-21(17(2)25-16)12-20(27-31)19-13-23(32)30-15-18(6-7-22(30)26-19)29-10-8-24(3,9-11-29)28(4)5;1-15-10-18(16-6-8-26(2)9-7-16)14-28-22(29)12-21(24-23(15)28)17-4-5-20-19(11-17)13-27(3)25-20/h6-7,12-15H,8-11H2,1-5H3;4-5,10-14,16H,6-9H2,1-3H3. The van der Waals surface area contributed by atoms with Crippen molar-refractivity contribution in [1.82, 2.24) is 52.9 Å². The third kappa shape index (κ3) is 7.81. The Kier molecular flexibility index (Phi) is 10.3. The second-order valence-electron chi connectivity index (χ2n) is 17.6. The summed E-state index contributed by atoms with van der Waals surface area (Å²) in [5.74, 6) is 0.508. The zero-order valence-electron chi connectivity index (χ0n) is 36.4. The minimum absolute atomic E-state index is 0.0332. The van der Waals surface area contributed by atoms with Gasteiger partial charge >= 0.3 is 0 Å². The highest BCUT2D eigenvalue weighted by atomic mass is 16.1. The van der Waals surface area contributed by atoms with Crippen LogP contribution in [0.4, 0.5) is 5.69 Å². The van der Waals surface area contributed by atoms with Crippen molar-refractivity contribution in [2.24, 2.45) is 7.05 Å². The number of anilines is 1. The predicted molar refractivity (Wildman–Crippen MR) is 242 cm³/mol. The lowest BCUT2D eigenvalue weighted by atomic mass is 9.88. The van der Waals surface area contributed by atoms with Crippen molar-refractivity contribution in [1.29, 1.82) is 0 Å². The summed E-state index contributed by atoms with van der Waals surface area (Å²) >= 11 is 0. The van der Waals surface area contributed by atoms with E-state index in [2.05, 4.69) is 70.1 Å². The molecule has 0 radical (unpaired) electrons. The first kappa shape index (κ1) is 40.2. The second-order valence-corrected chi connectivity index (χ2v) is 17.6. The Morgan fingerprint density at radius 2 is 1.46 bits per heavy atom. The smallest absolute Gasteiger partial charge is 0.258 e. The molecule has 0 bridgehead atoms. The van der Waals surface area contributed by atoms with Crippen LogP contribution in [0, 0.1) is 20.8 Å². The Balaban J connectivity index is 0.000000157. The van der Waals surface area contributed by atoms with Gasteiger partial charge in [-0.1, -0.05) is 12.1 Å². The average Bonchev–Trinajstić information content (AvgIpc) is 3.84. The van der Waals surface area contributed by atoms with Crippen molar-refractivity contribution < 1.29 is 0 Å². The monoisotopic (exact) mass is 818 g/mol. The molecule has 0 atom stereocenters. The number of nitrogens with zero attached hydrogens (tertiary/aromatic N) is 12. The highest BCUT2D eigenvalue weighted by molar-refractivity contribution is 5.83. The molecule has 2 aliphatic heterocycles. The molecule has 7 aromatic heterocycles. The molecule has 0 N–H and O–H groups in total. The summed E-state index contributed by atoms with van der Waals surface area (Å²) in [7, 11) is 8.37. The van der Waals surface area contributed by atoms with Gasteiger partial charge in [0.1, 0.15) is 17.0 Å². The lowest BCUT2D eigenvalue weighted by Gasteiger charge is -2.44. The maximum absolute atomic E-state index is 13.0. The normalized spacial score (nSPS) is 16.2. The molecule has 2 aliphatic rings. The van der Waals surface area contributed by atoms with Gasteiger partial charge in [0.25, 0.3) is 11.1 Å². The summed E-state index contributed by atoms with van der Waals surface area (Å²) in [6.07, 6.45) is 12.2. The van der Waals surface area contributed by atoms with E-state index in [0.29, 0.717) is 28.6 Å². The van der Waals surface area contributed by atoms with Crippen LogP contribution in [0.15, 0.2) is 89.0 Å². The molecule has 0 saturated carbocycles. The van der Waals surface area contributed by atoms with E-state index in [-0.39, 0.29) is 16.7 Å². The number of pyridine rings is 2. The first-order chi connectivity index (χ1) is 29.2. The number of hydrogen-bond donors (Lipinski definition) is 0. The maximum atomic E-state index is 13.0. The summed E-state index contributed by atoms with van der Waals surface area (Å²) in [4.78, 5) is 47.1. The van der Waals surface area contributed by atoms with Crippen molar-refractivity contribution in [3.8, 4) is 22.6 Å².